The minimum Gasteiger partial charge on any atom is -0.466 e. The zero-order valence-corrected chi connectivity index (χ0v) is 13.4. The third-order valence-electron chi connectivity index (χ3n) is 3.03. The summed E-state index contributed by atoms with van der Waals surface area (Å²) in [6.07, 6.45) is 0. The quantitative estimate of drug-likeness (QED) is 0.783. The summed E-state index contributed by atoms with van der Waals surface area (Å²) in [5.41, 5.74) is 0.559. The zero-order chi connectivity index (χ0) is 16.3. The number of carbonyl (C=O) groups excluding carboxylic acids is 2. The topological polar surface area (TPSA) is 65.1 Å². The molecule has 1 heterocycles. The molecular weight excluding hydrogens is 333 g/mol. The number of carbonyl (C=O) groups is 2. The lowest BCUT2D eigenvalue weighted by Gasteiger charge is -2.31. The van der Waals surface area contributed by atoms with Crippen LogP contribution in [0.1, 0.15) is 0 Å². The molecule has 0 saturated carbocycles. The van der Waals surface area contributed by atoms with Crippen molar-refractivity contribution in [2.75, 3.05) is 32.5 Å². The van der Waals surface area contributed by atoms with Gasteiger partial charge in [-0.1, -0.05) is 23.2 Å². The largest absolute Gasteiger partial charge is 0.466 e. The molecule has 1 aliphatic rings. The van der Waals surface area contributed by atoms with Crippen LogP contribution in [0.5, 0.6) is 0 Å². The molecule has 0 radical (unpaired) electrons. The molecule has 118 valence electrons. The van der Waals surface area contributed by atoms with Crippen molar-refractivity contribution in [2.45, 2.75) is 0 Å². The summed E-state index contributed by atoms with van der Waals surface area (Å²) in [5, 5.41) is 0.757. The molecule has 0 N–H and O–H groups in total. The smallest absolute Gasteiger partial charge is 0.355 e. The van der Waals surface area contributed by atoms with Crippen LogP contribution in [0.4, 0.5) is 5.69 Å². The molecule has 0 aliphatic carbocycles. The van der Waals surface area contributed by atoms with Gasteiger partial charge in [0, 0.05) is 5.02 Å². The van der Waals surface area contributed by atoms with Crippen LogP contribution in [0.2, 0.25) is 10.0 Å². The van der Waals surface area contributed by atoms with E-state index in [0.29, 0.717) is 15.7 Å². The van der Waals surface area contributed by atoms with Gasteiger partial charge in [0.2, 0.25) is 0 Å². The van der Waals surface area contributed by atoms with E-state index in [1.807, 2.05) is 0 Å². The summed E-state index contributed by atoms with van der Waals surface area (Å²) in [6, 6.07) is 4.76. The van der Waals surface area contributed by atoms with Crippen LogP contribution < -0.4 is 4.90 Å². The molecule has 8 heteroatoms. The van der Waals surface area contributed by atoms with Crippen LogP contribution in [0.25, 0.3) is 0 Å². The fourth-order valence-corrected chi connectivity index (χ4v) is 2.54. The number of hydrogen-bond donors (Lipinski definition) is 0. The predicted octanol–water partition coefficient (Wildman–Crippen LogP) is 2.39. The normalized spacial score (nSPS) is 14.8. The number of esters is 2. The van der Waals surface area contributed by atoms with Crippen molar-refractivity contribution in [3.05, 3.63) is 39.5 Å². The molecule has 0 bridgehead atoms. The molecule has 22 heavy (non-hydrogen) atoms. The number of methoxy groups -OCH3 is 2. The van der Waals surface area contributed by atoms with Gasteiger partial charge in [-0.05, 0) is 18.2 Å². The second-order valence-electron chi connectivity index (χ2n) is 4.31. The molecule has 0 spiro atoms. The van der Waals surface area contributed by atoms with Crippen LogP contribution in [0, 0.1) is 0 Å². The fraction of sp³-hybridized carbons (Fsp3) is 0.286. The second kappa shape index (κ2) is 7.00. The van der Waals surface area contributed by atoms with E-state index in [-0.39, 0.29) is 24.6 Å². The minimum absolute atomic E-state index is 0.0322. The summed E-state index contributed by atoms with van der Waals surface area (Å²) in [4.78, 5) is 25.4. The molecule has 2 rings (SSSR count). The Morgan fingerprint density at radius 2 is 1.86 bits per heavy atom. The van der Waals surface area contributed by atoms with Crippen LogP contribution in [-0.2, 0) is 23.8 Å². The Morgan fingerprint density at radius 3 is 2.45 bits per heavy atom. The first-order valence-electron chi connectivity index (χ1n) is 6.19. The van der Waals surface area contributed by atoms with Crippen molar-refractivity contribution in [3.8, 4) is 0 Å². The maximum absolute atomic E-state index is 12.1. The van der Waals surface area contributed by atoms with E-state index in [9.17, 15) is 9.59 Å². The van der Waals surface area contributed by atoms with Crippen LogP contribution in [0.15, 0.2) is 29.5 Å². The Bertz CT molecular complexity index is 644. The Morgan fingerprint density at radius 1 is 1.18 bits per heavy atom. The van der Waals surface area contributed by atoms with Crippen molar-refractivity contribution in [2.24, 2.45) is 0 Å². The number of ether oxygens (including phenoxy) is 3. The van der Waals surface area contributed by atoms with Gasteiger partial charge in [-0.25, -0.2) is 9.59 Å². The Labute approximate surface area is 137 Å². The Balaban J connectivity index is 2.57. The first kappa shape index (κ1) is 16.6. The van der Waals surface area contributed by atoms with Gasteiger partial charge in [-0.3, -0.25) is 0 Å². The van der Waals surface area contributed by atoms with Crippen LogP contribution >= 0.6 is 23.2 Å². The van der Waals surface area contributed by atoms with Crippen molar-refractivity contribution in [1.82, 2.24) is 0 Å². The molecule has 1 aromatic rings. The van der Waals surface area contributed by atoms with Gasteiger partial charge in [0.25, 0.3) is 0 Å². The zero-order valence-electron chi connectivity index (χ0n) is 11.9. The highest BCUT2D eigenvalue weighted by atomic mass is 35.5. The van der Waals surface area contributed by atoms with Gasteiger partial charge in [-0.15, -0.1) is 0 Å². The number of anilines is 1. The van der Waals surface area contributed by atoms with E-state index in [1.54, 1.807) is 12.1 Å². The van der Waals surface area contributed by atoms with E-state index in [1.165, 1.54) is 25.2 Å². The van der Waals surface area contributed by atoms with Crippen molar-refractivity contribution >= 4 is 40.8 Å². The van der Waals surface area contributed by atoms with Crippen LogP contribution in [0.3, 0.4) is 0 Å². The van der Waals surface area contributed by atoms with Gasteiger partial charge < -0.3 is 19.1 Å². The first-order valence-corrected chi connectivity index (χ1v) is 6.95. The monoisotopic (exact) mass is 345 g/mol. The molecule has 1 aromatic carbocycles. The molecule has 0 atom stereocenters. The molecule has 0 aromatic heterocycles. The number of benzene rings is 1. The standard InChI is InChI=1S/C14H13Cl2NO5/c1-20-13(18)9-6-22-7-17(12(9)14(19)21-2)11-4-3-8(15)5-10(11)16/h3-5H,6-7H2,1-2H3. The number of rotatable bonds is 3. The summed E-state index contributed by atoms with van der Waals surface area (Å²) < 4.78 is 14.8. The average Bonchev–Trinajstić information content (AvgIpc) is 2.52. The third kappa shape index (κ3) is 3.19. The Hall–Kier alpha value is -1.76. The number of nitrogens with zero attached hydrogens (tertiary/aromatic N) is 1. The molecule has 0 fully saturated rings. The fourth-order valence-electron chi connectivity index (χ4n) is 2.03. The average molecular weight is 346 g/mol. The minimum atomic E-state index is -0.685. The third-order valence-corrected chi connectivity index (χ3v) is 3.57. The highest BCUT2D eigenvalue weighted by molar-refractivity contribution is 6.36. The lowest BCUT2D eigenvalue weighted by molar-refractivity contribution is -0.140. The van der Waals surface area contributed by atoms with E-state index in [2.05, 4.69) is 4.74 Å². The van der Waals surface area contributed by atoms with E-state index in [4.69, 9.17) is 32.7 Å². The van der Waals surface area contributed by atoms with E-state index >= 15 is 0 Å². The number of halogens is 2. The van der Waals surface area contributed by atoms with Gasteiger partial charge in [0.05, 0.1) is 37.1 Å². The maximum Gasteiger partial charge on any atom is 0.355 e. The summed E-state index contributed by atoms with van der Waals surface area (Å²) >= 11 is 12.0. The van der Waals surface area contributed by atoms with Gasteiger partial charge in [0.1, 0.15) is 12.4 Å². The molecular formula is C14H13Cl2NO5. The molecule has 6 nitrogen and oxygen atoms in total. The van der Waals surface area contributed by atoms with E-state index in [0.717, 1.165) is 0 Å². The molecule has 0 amide bonds. The van der Waals surface area contributed by atoms with Gasteiger partial charge in [0.15, 0.2) is 0 Å². The maximum atomic E-state index is 12.1. The van der Waals surface area contributed by atoms with Gasteiger partial charge in [-0.2, -0.15) is 0 Å². The van der Waals surface area contributed by atoms with Gasteiger partial charge >= 0.3 is 11.9 Å². The summed E-state index contributed by atoms with van der Waals surface area (Å²) in [5.74, 6) is -1.36. The lowest BCUT2D eigenvalue weighted by atomic mass is 10.1. The molecule has 0 unspecified atom stereocenters. The molecule has 1 aliphatic heterocycles. The van der Waals surface area contributed by atoms with Crippen molar-refractivity contribution in [1.29, 1.82) is 0 Å². The highest BCUT2D eigenvalue weighted by Crippen LogP contribution is 2.33. The lowest BCUT2D eigenvalue weighted by Crippen LogP contribution is -2.38. The Kier molecular flexibility index (Phi) is 5.28. The highest BCUT2D eigenvalue weighted by Gasteiger charge is 2.33. The summed E-state index contributed by atoms with van der Waals surface area (Å²) in [7, 11) is 2.44. The van der Waals surface area contributed by atoms with E-state index < -0.39 is 11.9 Å². The SMILES string of the molecule is COC(=O)C1=C(C(=O)OC)N(c2ccc(Cl)cc2Cl)COC1. The summed E-state index contributed by atoms with van der Waals surface area (Å²) in [6.45, 7) is -0.0227. The van der Waals surface area contributed by atoms with Crippen molar-refractivity contribution < 1.29 is 23.8 Å². The predicted molar refractivity (Wildman–Crippen MR) is 80.8 cm³/mol. The number of hydrogen-bond acceptors (Lipinski definition) is 6. The second-order valence-corrected chi connectivity index (χ2v) is 5.16. The first-order chi connectivity index (χ1) is 10.5. The van der Waals surface area contributed by atoms with Crippen LogP contribution in [-0.4, -0.2) is 39.5 Å². The van der Waals surface area contributed by atoms with Crippen molar-refractivity contribution in [3.63, 3.8) is 0 Å². The molecule has 0 saturated heterocycles.